The number of hydrogen-bond donors (Lipinski definition) is 8. The van der Waals surface area contributed by atoms with E-state index < -0.39 is 66.0 Å². The summed E-state index contributed by atoms with van der Waals surface area (Å²) in [6.45, 7) is 0. The Morgan fingerprint density at radius 1 is 0.382 bits per heavy atom. The van der Waals surface area contributed by atoms with Gasteiger partial charge in [-0.3, -0.25) is 32.7 Å². The van der Waals surface area contributed by atoms with Crippen molar-refractivity contribution in [2.75, 3.05) is 0 Å². The Hall–Kier alpha value is -4.12. The Morgan fingerprint density at radius 3 is 0.836 bits per heavy atom. The molecule has 4 rings (SSSR count). The largest absolute Gasteiger partial charge is 0.446 e. The molecule has 0 heterocycles. The molecule has 16 nitrogen and oxygen atoms in total. The predicted octanol–water partition coefficient (Wildman–Crippen LogP) is 5.29. The Kier molecular flexibility index (Phi) is 17.3. The van der Waals surface area contributed by atoms with Crippen molar-refractivity contribution in [3.8, 4) is 0 Å². The van der Waals surface area contributed by atoms with E-state index in [-0.39, 0.29) is 0 Å². The summed E-state index contributed by atoms with van der Waals surface area (Å²) in [4.78, 5) is 54.5. The normalized spacial score (nSPS) is 28.4. The van der Waals surface area contributed by atoms with Crippen LogP contribution in [0.25, 0.3) is 0 Å². The molecule has 0 aromatic carbocycles. The van der Waals surface area contributed by atoms with Crippen LogP contribution in [0.3, 0.4) is 0 Å². The first-order valence-corrected chi connectivity index (χ1v) is 20.1. The summed E-state index contributed by atoms with van der Waals surface area (Å²) >= 11 is 0. The molecule has 0 spiro atoms. The molecular weight excluding hydrogens is 708 g/mol. The number of carbonyl (C=O) groups is 4. The number of nitrogens with one attached hydrogen (secondary N) is 4. The molecule has 4 unspecified atom stereocenters. The third kappa shape index (κ3) is 14.2. The molecule has 0 bridgehead atoms. The maximum Gasteiger partial charge on any atom is 0.410 e. The molecule has 4 aliphatic rings. The molecule has 0 aromatic heterocycles. The highest BCUT2D eigenvalue weighted by Gasteiger charge is 2.61. The summed E-state index contributed by atoms with van der Waals surface area (Å²) in [7, 11) is 0. The highest BCUT2D eigenvalue weighted by atomic mass is 16.6. The van der Waals surface area contributed by atoms with Gasteiger partial charge in [0.15, 0.2) is 5.66 Å². The van der Waals surface area contributed by atoms with Crippen molar-refractivity contribution in [2.45, 2.75) is 170 Å². The van der Waals surface area contributed by atoms with Crippen LogP contribution >= 0.6 is 0 Å². The van der Waals surface area contributed by atoms with Gasteiger partial charge in [-0.2, -0.15) is 0 Å². The van der Waals surface area contributed by atoms with Gasteiger partial charge in [-0.25, -0.2) is 19.2 Å². The molecule has 0 fully saturated rings. The summed E-state index contributed by atoms with van der Waals surface area (Å²) in [6, 6.07) is 0. The highest BCUT2D eigenvalue weighted by molar-refractivity contribution is 5.75. The molecule has 0 aliphatic heterocycles. The van der Waals surface area contributed by atoms with Gasteiger partial charge >= 0.3 is 24.4 Å². The zero-order valence-electron chi connectivity index (χ0n) is 32.1. The van der Waals surface area contributed by atoms with Gasteiger partial charge in [0, 0.05) is 0 Å². The van der Waals surface area contributed by atoms with E-state index in [0.29, 0.717) is 77.0 Å². The lowest BCUT2D eigenvalue weighted by Gasteiger charge is -2.51. The fraction of sp³-hybridized carbons (Fsp3) is 0.692. The van der Waals surface area contributed by atoms with Crippen molar-refractivity contribution in [1.29, 1.82) is 0 Å². The van der Waals surface area contributed by atoms with Crippen molar-refractivity contribution in [1.82, 2.24) is 21.3 Å². The Labute approximate surface area is 324 Å². The number of nitrogens with two attached hydrogens (primary N) is 4. The quantitative estimate of drug-likeness (QED) is 0.0801. The Morgan fingerprint density at radius 2 is 0.600 bits per heavy atom. The van der Waals surface area contributed by atoms with Crippen LogP contribution in [0, 0.1) is 0 Å². The summed E-state index contributed by atoms with van der Waals surface area (Å²) in [5.74, 6) is -5.48. The molecule has 4 amide bonds. The smallest absolute Gasteiger partial charge is 0.410 e. The fourth-order valence-corrected chi connectivity index (χ4v) is 7.13. The second-order valence-electron chi connectivity index (χ2n) is 15.0. The van der Waals surface area contributed by atoms with Crippen LogP contribution in [-0.4, -0.2) is 66.0 Å². The molecule has 308 valence electrons. The van der Waals surface area contributed by atoms with Crippen LogP contribution in [0.15, 0.2) is 48.6 Å². The first-order chi connectivity index (χ1) is 26.4. The zero-order chi connectivity index (χ0) is 39.6. The van der Waals surface area contributed by atoms with Crippen molar-refractivity contribution in [3.05, 3.63) is 48.6 Å². The third-order valence-electron chi connectivity index (χ3n) is 10.5. The van der Waals surface area contributed by atoms with Crippen molar-refractivity contribution in [2.24, 2.45) is 22.9 Å². The Bertz CT molecular complexity index is 1200. The van der Waals surface area contributed by atoms with E-state index in [0.717, 1.165) is 51.4 Å². The lowest BCUT2D eigenvalue weighted by molar-refractivity contribution is -0.00436. The van der Waals surface area contributed by atoms with Gasteiger partial charge in [0.05, 0.1) is 0 Å². The molecule has 0 aromatic rings. The highest BCUT2D eigenvalue weighted by Crippen LogP contribution is 2.23. The van der Waals surface area contributed by atoms with Gasteiger partial charge in [-0.1, -0.05) is 48.6 Å². The second-order valence-corrected chi connectivity index (χ2v) is 15.0. The molecule has 0 saturated carbocycles. The van der Waals surface area contributed by atoms with Crippen LogP contribution in [0.1, 0.15) is 128 Å². The van der Waals surface area contributed by atoms with Crippen LogP contribution in [-0.2, 0) is 18.9 Å². The van der Waals surface area contributed by atoms with E-state index in [1.165, 1.54) is 0 Å². The molecule has 0 radical (unpaired) electrons. The number of rotatable bonds is 10. The maximum absolute atomic E-state index is 13.6. The molecule has 16 heteroatoms. The molecule has 4 aliphatic carbocycles. The lowest BCUT2D eigenvalue weighted by Crippen LogP contribution is -2.97. The average Bonchev–Trinajstić information content (AvgIpc) is 3.05. The van der Waals surface area contributed by atoms with Gasteiger partial charge < -0.3 is 30.4 Å². The summed E-state index contributed by atoms with van der Waals surface area (Å²) in [6.07, 6.45) is 23.8. The van der Waals surface area contributed by atoms with Crippen molar-refractivity contribution >= 4 is 24.4 Å². The van der Waals surface area contributed by atoms with E-state index in [2.05, 4.69) is 45.6 Å². The van der Waals surface area contributed by atoms with Crippen molar-refractivity contribution < 1.29 is 38.1 Å². The maximum atomic E-state index is 13.6. The third-order valence-corrected chi connectivity index (χ3v) is 10.5. The second kappa shape index (κ2) is 21.8. The number of allylic oxidation sites excluding steroid dienone is 8. The van der Waals surface area contributed by atoms with Crippen molar-refractivity contribution in [3.63, 3.8) is 0 Å². The number of hydrogen-bond acceptors (Lipinski definition) is 12. The SMILES string of the molecule is NC(NC(=O)OC1CC/C=C/CCC1)(NC(=O)OC1CC/C=C/CCC1)C(N)(N)C(N)(NC(=O)OC1CC/C=C/CCC1)NC(=O)OC1CC/C=C/CCC1. The number of carbonyl (C=O) groups excluding carboxylic acids is 4. The first kappa shape index (κ1) is 43.6. The topological polar surface area (TPSA) is 257 Å². The molecule has 55 heavy (non-hydrogen) atoms. The monoisotopic (exact) mass is 772 g/mol. The molecular formula is C39H64N8O8. The standard InChI is InChI=1S/C39H64N8O8/c40-37(41,38(42,44-33(48)52-29-21-13-5-1-6-14-22-29)45-34(49)53-30-23-15-7-2-8-16-24-30)39(43,46-35(50)54-31-25-17-9-3-10-18-26-31)47-36(51)55-32-27-19-11-4-12-20-28-32/h1-5,7,9,11,29-32H,6,8,10,12-28,40-43H2,(H,44,48)(H,45,49)(H,46,50)(H,47,51)/b5-1+,7-2+,9-3+,11-4+. The number of alkyl carbamates (subject to hydrolysis) is 4. The fourth-order valence-electron chi connectivity index (χ4n) is 7.13. The van der Waals surface area contributed by atoms with E-state index >= 15 is 0 Å². The van der Waals surface area contributed by atoms with E-state index in [1.54, 1.807) is 0 Å². The van der Waals surface area contributed by atoms with Crippen LogP contribution in [0.5, 0.6) is 0 Å². The number of ether oxygens (including phenoxy) is 4. The first-order valence-electron chi connectivity index (χ1n) is 20.1. The van der Waals surface area contributed by atoms with Gasteiger partial charge in [0.1, 0.15) is 24.4 Å². The molecule has 12 N–H and O–H groups in total. The summed E-state index contributed by atoms with van der Waals surface area (Å²) in [5.41, 5.74) is 24.4. The van der Waals surface area contributed by atoms with E-state index in [4.69, 9.17) is 41.9 Å². The van der Waals surface area contributed by atoms with Gasteiger partial charge in [0.2, 0.25) is 11.6 Å². The minimum Gasteiger partial charge on any atom is -0.446 e. The van der Waals surface area contributed by atoms with Gasteiger partial charge in [-0.15, -0.1) is 0 Å². The number of amides is 4. The van der Waals surface area contributed by atoms with Gasteiger partial charge in [-0.05, 0) is 128 Å². The van der Waals surface area contributed by atoms with Crippen LogP contribution in [0.2, 0.25) is 0 Å². The average molecular weight is 773 g/mol. The summed E-state index contributed by atoms with van der Waals surface area (Å²) in [5, 5.41) is 9.60. The Balaban J connectivity index is 1.63. The summed E-state index contributed by atoms with van der Waals surface area (Å²) < 4.78 is 23.0. The minimum atomic E-state index is -2.84. The zero-order valence-corrected chi connectivity index (χ0v) is 32.1. The minimum absolute atomic E-state index is 0.491. The van der Waals surface area contributed by atoms with Gasteiger partial charge in [0.25, 0.3) is 0 Å². The molecule has 4 atom stereocenters. The lowest BCUT2D eigenvalue weighted by atomic mass is 9.94. The van der Waals surface area contributed by atoms with E-state index in [9.17, 15) is 19.2 Å². The molecule has 0 saturated heterocycles. The van der Waals surface area contributed by atoms with Crippen LogP contribution < -0.4 is 44.2 Å². The van der Waals surface area contributed by atoms with Crippen LogP contribution in [0.4, 0.5) is 19.2 Å². The van der Waals surface area contributed by atoms with E-state index in [1.807, 2.05) is 24.3 Å². The predicted molar refractivity (Wildman–Crippen MR) is 207 cm³/mol.